The number of amides is 2. The highest BCUT2D eigenvalue weighted by Crippen LogP contribution is 2.14. The third kappa shape index (κ3) is 9.59. The number of nitrogens with two attached hydrogens (primary N) is 1. The smallest absolute Gasteiger partial charge is 0.254 e. The molecular formula is C34H41N5O4. The molecule has 1 aliphatic rings. The first-order valence-corrected chi connectivity index (χ1v) is 14.8. The van der Waals surface area contributed by atoms with Crippen molar-refractivity contribution in [1.82, 2.24) is 15.5 Å². The summed E-state index contributed by atoms with van der Waals surface area (Å²) < 4.78 is 5.34. The van der Waals surface area contributed by atoms with Crippen molar-refractivity contribution in [2.45, 2.75) is 45.3 Å². The summed E-state index contributed by atoms with van der Waals surface area (Å²) in [5, 5.41) is 13.8. The van der Waals surface area contributed by atoms with E-state index in [1.54, 1.807) is 24.0 Å². The van der Waals surface area contributed by atoms with E-state index in [0.717, 1.165) is 23.1 Å². The summed E-state index contributed by atoms with van der Waals surface area (Å²) in [7, 11) is 0. The molecule has 3 aromatic rings. The minimum absolute atomic E-state index is 0.000866. The molecule has 226 valence electrons. The van der Waals surface area contributed by atoms with Gasteiger partial charge in [-0.05, 0) is 41.7 Å². The lowest BCUT2D eigenvalue weighted by atomic mass is 9.95. The number of hydrogen-bond donors (Lipinski definition) is 4. The van der Waals surface area contributed by atoms with Crippen molar-refractivity contribution in [2.75, 3.05) is 26.3 Å². The van der Waals surface area contributed by atoms with E-state index < -0.39 is 12.0 Å². The van der Waals surface area contributed by atoms with Gasteiger partial charge in [0.05, 0.1) is 19.3 Å². The van der Waals surface area contributed by atoms with Gasteiger partial charge in [-0.1, -0.05) is 73.7 Å². The first-order valence-electron chi connectivity index (χ1n) is 14.8. The van der Waals surface area contributed by atoms with Crippen molar-refractivity contribution in [2.24, 2.45) is 11.7 Å². The Bertz CT molecular complexity index is 1370. The third-order valence-corrected chi connectivity index (χ3v) is 7.69. The van der Waals surface area contributed by atoms with Gasteiger partial charge < -0.3 is 26.0 Å². The van der Waals surface area contributed by atoms with Gasteiger partial charge in [0.1, 0.15) is 5.84 Å². The maximum absolute atomic E-state index is 13.5. The first kappa shape index (κ1) is 31.6. The highest BCUT2D eigenvalue weighted by Gasteiger charge is 2.24. The Kier molecular flexibility index (Phi) is 11.6. The van der Waals surface area contributed by atoms with Crippen LogP contribution in [0.25, 0.3) is 0 Å². The lowest BCUT2D eigenvalue weighted by Crippen LogP contribution is -2.40. The van der Waals surface area contributed by atoms with Crippen molar-refractivity contribution in [3.63, 3.8) is 0 Å². The van der Waals surface area contributed by atoms with Crippen LogP contribution in [0.3, 0.4) is 0 Å². The molecule has 0 saturated carbocycles. The highest BCUT2D eigenvalue weighted by atomic mass is 16.5. The molecule has 1 heterocycles. The summed E-state index contributed by atoms with van der Waals surface area (Å²) in [6.45, 7) is 4.87. The van der Waals surface area contributed by atoms with E-state index in [1.807, 2.05) is 66.7 Å². The third-order valence-electron chi connectivity index (χ3n) is 7.69. The molecule has 2 atom stereocenters. The van der Waals surface area contributed by atoms with Crippen LogP contribution in [0.1, 0.15) is 52.4 Å². The van der Waals surface area contributed by atoms with Crippen LogP contribution in [0, 0.1) is 11.3 Å². The molecule has 9 nitrogen and oxygen atoms in total. The van der Waals surface area contributed by atoms with Crippen molar-refractivity contribution in [3.05, 3.63) is 107 Å². The molecule has 9 heteroatoms. The Hall–Kier alpha value is -4.34. The Morgan fingerprint density at radius 3 is 2.09 bits per heavy atom. The van der Waals surface area contributed by atoms with Crippen LogP contribution < -0.4 is 16.4 Å². The number of amidine groups is 1. The molecular weight excluding hydrogens is 542 g/mol. The number of carbonyl (C=O) groups is 3. The number of nitrogens with zero attached hydrogens (tertiary/aromatic N) is 1. The molecule has 1 saturated heterocycles. The molecule has 1 aliphatic heterocycles. The zero-order valence-corrected chi connectivity index (χ0v) is 24.7. The number of nitrogens with one attached hydrogen (secondary N) is 3. The lowest BCUT2D eigenvalue weighted by Gasteiger charge is -2.27. The molecule has 43 heavy (non-hydrogen) atoms. The van der Waals surface area contributed by atoms with Gasteiger partial charge in [-0.3, -0.25) is 19.8 Å². The van der Waals surface area contributed by atoms with Crippen molar-refractivity contribution in [1.29, 1.82) is 5.41 Å². The molecule has 0 unspecified atom stereocenters. The normalized spacial score (nSPS) is 14.5. The van der Waals surface area contributed by atoms with Crippen LogP contribution in [0.4, 0.5) is 0 Å². The topological polar surface area (TPSA) is 138 Å². The highest BCUT2D eigenvalue weighted by molar-refractivity contribution is 5.95. The quantitative estimate of drug-likeness (QED) is 0.170. The Morgan fingerprint density at radius 1 is 0.860 bits per heavy atom. The monoisotopic (exact) mass is 583 g/mol. The van der Waals surface area contributed by atoms with E-state index in [2.05, 4.69) is 10.6 Å². The molecule has 3 aromatic carbocycles. The second kappa shape index (κ2) is 15.8. The summed E-state index contributed by atoms with van der Waals surface area (Å²) in [4.78, 5) is 40.9. The second-order valence-electron chi connectivity index (χ2n) is 11.0. The standard InChI is InChI=1S/C34H41N5O4/c1-24(33(41)38-23-27-7-12-28(13-8-27)32(35)36)21-31(40)30(16-11-25-5-3-2-4-6-25)37-22-26-9-14-29(15-10-26)34(42)39-17-19-43-20-18-39/h2-10,12-15,24,30,37H,11,16-23H2,1H3,(H3,35,36)(H,38,41)/t24-,30-/m1/s1. The first-order chi connectivity index (χ1) is 20.8. The molecule has 0 aromatic heterocycles. The fourth-order valence-electron chi connectivity index (χ4n) is 4.99. The number of ether oxygens (including phenoxy) is 1. The van der Waals surface area contributed by atoms with Gasteiger partial charge in [0.25, 0.3) is 5.91 Å². The minimum atomic E-state index is -0.490. The zero-order valence-electron chi connectivity index (χ0n) is 24.7. The van der Waals surface area contributed by atoms with Gasteiger partial charge in [-0.15, -0.1) is 0 Å². The van der Waals surface area contributed by atoms with Gasteiger partial charge in [0.2, 0.25) is 5.91 Å². The molecule has 4 rings (SSSR count). The number of carbonyl (C=O) groups excluding carboxylic acids is 3. The number of rotatable bonds is 14. The Labute approximate surface area is 253 Å². The fourth-order valence-corrected chi connectivity index (χ4v) is 4.99. The minimum Gasteiger partial charge on any atom is -0.384 e. The van der Waals surface area contributed by atoms with Crippen molar-refractivity contribution in [3.8, 4) is 0 Å². The molecule has 2 amide bonds. The van der Waals surface area contributed by atoms with Gasteiger partial charge >= 0.3 is 0 Å². The Morgan fingerprint density at radius 2 is 1.47 bits per heavy atom. The van der Waals surface area contributed by atoms with Gasteiger partial charge in [0, 0.05) is 49.6 Å². The predicted octanol–water partition coefficient (Wildman–Crippen LogP) is 3.45. The number of morpholine rings is 1. The van der Waals surface area contributed by atoms with E-state index in [-0.39, 0.29) is 29.9 Å². The molecule has 0 bridgehead atoms. The summed E-state index contributed by atoms with van der Waals surface area (Å²) in [5.41, 5.74) is 9.77. The Balaban J connectivity index is 1.33. The van der Waals surface area contributed by atoms with Crippen LogP contribution in [0.5, 0.6) is 0 Å². The predicted molar refractivity (Wildman–Crippen MR) is 167 cm³/mol. The van der Waals surface area contributed by atoms with Gasteiger partial charge in [-0.25, -0.2) is 0 Å². The van der Waals surface area contributed by atoms with Gasteiger partial charge in [-0.2, -0.15) is 0 Å². The largest absolute Gasteiger partial charge is 0.384 e. The number of Topliss-reactive ketones (excluding diaryl/α,β-unsaturated/α-hetero) is 1. The molecule has 0 aliphatic carbocycles. The molecule has 0 radical (unpaired) electrons. The average Bonchev–Trinajstić information content (AvgIpc) is 3.04. The van der Waals surface area contributed by atoms with E-state index in [9.17, 15) is 14.4 Å². The number of aryl methyl sites for hydroxylation is 1. The van der Waals surface area contributed by atoms with Crippen LogP contribution in [0.2, 0.25) is 0 Å². The van der Waals surface area contributed by atoms with E-state index in [0.29, 0.717) is 56.9 Å². The molecule has 0 spiro atoms. The maximum atomic E-state index is 13.5. The summed E-state index contributed by atoms with van der Waals surface area (Å²) in [6.07, 6.45) is 1.45. The molecule has 1 fully saturated rings. The van der Waals surface area contributed by atoms with Crippen molar-refractivity contribution >= 4 is 23.4 Å². The number of hydrogen-bond acceptors (Lipinski definition) is 6. The number of nitrogen functional groups attached to an aromatic ring is 1. The van der Waals surface area contributed by atoms with Crippen LogP contribution >= 0.6 is 0 Å². The maximum Gasteiger partial charge on any atom is 0.254 e. The van der Waals surface area contributed by atoms with Crippen LogP contribution in [0.15, 0.2) is 78.9 Å². The molecule has 5 N–H and O–H groups in total. The van der Waals surface area contributed by atoms with E-state index >= 15 is 0 Å². The van der Waals surface area contributed by atoms with Crippen molar-refractivity contribution < 1.29 is 19.1 Å². The average molecular weight is 584 g/mol. The zero-order chi connectivity index (χ0) is 30.6. The summed E-state index contributed by atoms with van der Waals surface area (Å²) in [6, 6.07) is 24.2. The van der Waals surface area contributed by atoms with Crippen LogP contribution in [-0.4, -0.2) is 60.7 Å². The summed E-state index contributed by atoms with van der Waals surface area (Å²) in [5.74, 6) is -0.696. The second-order valence-corrected chi connectivity index (χ2v) is 11.0. The summed E-state index contributed by atoms with van der Waals surface area (Å²) >= 11 is 0. The van der Waals surface area contributed by atoms with E-state index in [4.69, 9.17) is 15.9 Å². The lowest BCUT2D eigenvalue weighted by molar-refractivity contribution is -0.129. The number of ketones is 1. The SMILES string of the molecule is C[C@H](CC(=O)[C@@H](CCc1ccccc1)NCc1ccc(C(=O)N2CCOCC2)cc1)C(=O)NCc1ccc(C(=N)N)cc1. The van der Waals surface area contributed by atoms with Crippen LogP contribution in [-0.2, 0) is 33.8 Å². The fraction of sp³-hybridized carbons (Fsp3) is 0.353. The van der Waals surface area contributed by atoms with E-state index in [1.165, 1.54) is 0 Å². The number of benzene rings is 3. The van der Waals surface area contributed by atoms with Gasteiger partial charge in [0.15, 0.2) is 5.78 Å².